The van der Waals surface area contributed by atoms with Crippen molar-refractivity contribution in [2.75, 3.05) is 41.1 Å². The monoisotopic (exact) mass is 1030 g/mol. The van der Waals surface area contributed by atoms with Crippen molar-refractivity contribution in [1.29, 1.82) is 0 Å². The number of carbonyl (C=O) groups is 6. The van der Waals surface area contributed by atoms with Crippen LogP contribution in [0.4, 0.5) is 0 Å². The smallest absolute Gasteiger partial charge is 0.329 e. The molecule has 4 rings (SSSR count). The fourth-order valence-electron chi connectivity index (χ4n) is 10.7. The van der Waals surface area contributed by atoms with E-state index in [1.165, 1.54) is 21.1 Å². The summed E-state index contributed by atoms with van der Waals surface area (Å²) in [4.78, 5) is 85.4. The zero-order valence-corrected chi connectivity index (χ0v) is 45.3. The molecule has 2 saturated heterocycles. The maximum Gasteiger partial charge on any atom is 0.329 e. The molecule has 3 aliphatic heterocycles. The van der Waals surface area contributed by atoms with Crippen molar-refractivity contribution in [3.63, 3.8) is 0 Å². The number of methoxy groups -OCH3 is 3. The van der Waals surface area contributed by atoms with E-state index in [-0.39, 0.29) is 42.8 Å². The van der Waals surface area contributed by atoms with Crippen molar-refractivity contribution in [3.05, 3.63) is 47.6 Å². The van der Waals surface area contributed by atoms with E-state index in [0.717, 1.165) is 10.5 Å². The summed E-state index contributed by atoms with van der Waals surface area (Å²) in [7, 11) is 4.43. The molecule has 17 nitrogen and oxygen atoms in total. The van der Waals surface area contributed by atoms with Crippen LogP contribution in [0.15, 0.2) is 47.6 Å². The number of ether oxygens (including phenoxy) is 6. The second kappa shape index (κ2) is 28.3. The standard InChI is InChI=1S/C56H87NO16/c1-33-17-13-12-14-18-34(2)45(68-9)29-41-22-20-39(7)56(67,73-41)51(63)52(64)57-24-16-15-19-42(57)53(65)71-46(30-43(60)35(3)26-38(6)49(62)50(70-11)48(61)37(5)25-33)36(4)27-40-21-23-44(47(28-40)69-10)72-54(66)55(8,31-58)32-59/h12-14,17-18,26,33,35-37,39-42,44-47,49-50,58-59,62,67H,15-16,19-25,27-32H2,1-11H3/b14-12?,17-13+,34-18?,38-26+/t33-,35-,36-,37-,39-,40+,41+,42?,44?,45+,46+,47-,49-,50+,56-/m1/s1. The third kappa shape index (κ3) is 16.0. The number of rotatable bonds is 10. The molecule has 0 aromatic heterocycles. The van der Waals surface area contributed by atoms with Gasteiger partial charge >= 0.3 is 11.9 Å². The molecule has 0 aromatic rings. The van der Waals surface area contributed by atoms with Crippen molar-refractivity contribution in [2.45, 2.75) is 187 Å². The normalized spacial score (nSPS) is 36.3. The number of ketones is 3. The molecule has 0 aromatic carbocycles. The quantitative estimate of drug-likeness (QED) is 0.116. The highest BCUT2D eigenvalue weighted by Crippen LogP contribution is 2.38. The molecular formula is C56H87NO16. The number of carbonyl (C=O) groups excluding carboxylic acids is 6. The van der Waals surface area contributed by atoms with Gasteiger partial charge in [0.25, 0.3) is 11.7 Å². The predicted octanol–water partition coefficient (Wildman–Crippen LogP) is 5.72. The Morgan fingerprint density at radius 1 is 0.863 bits per heavy atom. The number of aliphatic hydroxyl groups is 4. The van der Waals surface area contributed by atoms with Crippen LogP contribution in [0, 0.1) is 40.9 Å². The highest BCUT2D eigenvalue weighted by Gasteiger charge is 2.53. The lowest BCUT2D eigenvalue weighted by atomic mass is 9.78. The molecule has 4 N–H and O–H groups in total. The van der Waals surface area contributed by atoms with Gasteiger partial charge in [0.1, 0.15) is 41.7 Å². The number of hydrogen-bond donors (Lipinski definition) is 4. The van der Waals surface area contributed by atoms with Crippen molar-refractivity contribution >= 4 is 35.2 Å². The first-order valence-corrected chi connectivity index (χ1v) is 26.4. The average Bonchev–Trinajstić information content (AvgIpc) is 3.37. The first kappa shape index (κ1) is 61.6. The number of aliphatic hydroxyl groups excluding tert-OH is 3. The Hall–Kier alpha value is -3.94. The molecule has 2 unspecified atom stereocenters. The van der Waals surface area contributed by atoms with Crippen LogP contribution in [0.3, 0.4) is 0 Å². The second-order valence-electron chi connectivity index (χ2n) is 21.8. The zero-order chi connectivity index (χ0) is 54.4. The van der Waals surface area contributed by atoms with E-state index in [0.29, 0.717) is 69.8 Å². The lowest BCUT2D eigenvalue weighted by Gasteiger charge is -2.42. The Kier molecular flexibility index (Phi) is 23.9. The summed E-state index contributed by atoms with van der Waals surface area (Å²) < 4.78 is 35.4. The molecule has 0 radical (unpaired) electrons. The number of amides is 1. The number of piperidine rings is 1. The maximum absolute atomic E-state index is 14.5. The number of nitrogens with zero attached hydrogens (tertiary/aromatic N) is 1. The summed E-state index contributed by atoms with van der Waals surface area (Å²) in [5.41, 5.74) is -0.277. The topological polar surface area (TPSA) is 242 Å². The Morgan fingerprint density at radius 2 is 1.56 bits per heavy atom. The summed E-state index contributed by atoms with van der Waals surface area (Å²) >= 11 is 0. The van der Waals surface area contributed by atoms with E-state index in [9.17, 15) is 49.2 Å². The summed E-state index contributed by atoms with van der Waals surface area (Å²) in [5.74, 6) is -9.36. The van der Waals surface area contributed by atoms with Crippen molar-refractivity contribution in [3.8, 4) is 0 Å². The third-order valence-electron chi connectivity index (χ3n) is 15.9. The molecule has 73 heavy (non-hydrogen) atoms. The van der Waals surface area contributed by atoms with Gasteiger partial charge in [-0.15, -0.1) is 0 Å². The minimum Gasteiger partial charge on any atom is -0.460 e. The van der Waals surface area contributed by atoms with Gasteiger partial charge in [-0.2, -0.15) is 0 Å². The molecule has 1 aliphatic carbocycles. The molecule has 4 aliphatic rings. The van der Waals surface area contributed by atoms with Crippen LogP contribution >= 0.6 is 0 Å². The number of hydrogen-bond acceptors (Lipinski definition) is 16. The van der Waals surface area contributed by atoms with E-state index < -0.39 is 120 Å². The van der Waals surface area contributed by atoms with Crippen molar-refractivity contribution in [1.82, 2.24) is 4.90 Å². The number of fused-ring (bicyclic) bond motifs is 3. The van der Waals surface area contributed by atoms with Gasteiger partial charge in [-0.25, -0.2) is 4.79 Å². The van der Waals surface area contributed by atoms with Gasteiger partial charge in [-0.1, -0.05) is 71.1 Å². The lowest BCUT2D eigenvalue weighted by molar-refractivity contribution is -0.265. The van der Waals surface area contributed by atoms with Crippen molar-refractivity contribution in [2.24, 2.45) is 40.9 Å². The summed E-state index contributed by atoms with van der Waals surface area (Å²) in [6, 6.07) is -1.20. The van der Waals surface area contributed by atoms with Gasteiger partial charge in [0.2, 0.25) is 5.79 Å². The number of Topliss-reactive ketones (excluding diaryl/α,β-unsaturated/α-hetero) is 3. The van der Waals surface area contributed by atoms with Crippen LogP contribution < -0.4 is 0 Å². The lowest BCUT2D eigenvalue weighted by Crippen LogP contribution is -2.61. The van der Waals surface area contributed by atoms with Gasteiger partial charge in [0, 0.05) is 58.5 Å². The second-order valence-corrected chi connectivity index (χ2v) is 21.8. The van der Waals surface area contributed by atoms with E-state index in [4.69, 9.17) is 28.4 Å². The van der Waals surface area contributed by atoms with Crippen LogP contribution in [0.5, 0.6) is 0 Å². The Morgan fingerprint density at radius 3 is 2.21 bits per heavy atom. The average molecular weight is 1030 g/mol. The molecule has 1 amide bonds. The first-order chi connectivity index (χ1) is 34.5. The fourth-order valence-corrected chi connectivity index (χ4v) is 10.7. The van der Waals surface area contributed by atoms with Gasteiger partial charge < -0.3 is 53.7 Å². The molecular weight excluding hydrogens is 943 g/mol. The van der Waals surface area contributed by atoms with Gasteiger partial charge in [-0.05, 0) is 114 Å². The number of esters is 2. The van der Waals surface area contributed by atoms with Crippen LogP contribution in [0.25, 0.3) is 0 Å². The summed E-state index contributed by atoms with van der Waals surface area (Å²) in [6.07, 6.45) is 9.76. The van der Waals surface area contributed by atoms with E-state index >= 15 is 0 Å². The number of cyclic esters (lactones) is 1. The first-order valence-electron chi connectivity index (χ1n) is 26.4. The third-order valence-corrected chi connectivity index (χ3v) is 15.9. The molecule has 412 valence electrons. The Labute approximate surface area is 433 Å². The van der Waals surface area contributed by atoms with E-state index in [2.05, 4.69) is 0 Å². The van der Waals surface area contributed by atoms with Crippen LogP contribution in [-0.2, 0) is 57.2 Å². The van der Waals surface area contributed by atoms with Crippen molar-refractivity contribution < 1.29 is 77.6 Å². The molecule has 1 saturated carbocycles. The fraction of sp³-hybridized carbons (Fsp3) is 0.750. The van der Waals surface area contributed by atoms with Crippen LogP contribution in [0.2, 0.25) is 0 Å². The summed E-state index contributed by atoms with van der Waals surface area (Å²) in [5, 5.41) is 43.1. The highest BCUT2D eigenvalue weighted by molar-refractivity contribution is 6.39. The molecule has 17 heteroatoms. The maximum atomic E-state index is 14.5. The van der Waals surface area contributed by atoms with E-state index in [1.807, 2.05) is 51.2 Å². The molecule has 0 spiro atoms. The minimum absolute atomic E-state index is 0.00697. The molecule has 3 heterocycles. The molecule has 3 fully saturated rings. The van der Waals surface area contributed by atoms with Gasteiger partial charge in [0.15, 0.2) is 5.78 Å². The Balaban J connectivity index is 1.69. The molecule has 2 bridgehead atoms. The summed E-state index contributed by atoms with van der Waals surface area (Å²) in [6.45, 7) is 12.7. The number of allylic oxidation sites excluding steroid dienone is 6. The van der Waals surface area contributed by atoms with E-state index in [1.54, 1.807) is 40.9 Å². The van der Waals surface area contributed by atoms with Crippen LogP contribution in [-0.4, -0.2) is 156 Å². The Bertz CT molecular complexity index is 2010. The highest BCUT2D eigenvalue weighted by atomic mass is 16.6. The molecule has 15 atom stereocenters. The predicted molar refractivity (Wildman–Crippen MR) is 271 cm³/mol. The van der Waals surface area contributed by atoms with Gasteiger partial charge in [-0.3, -0.25) is 24.0 Å². The van der Waals surface area contributed by atoms with Gasteiger partial charge in [0.05, 0.1) is 31.5 Å². The SMILES string of the molecule is CO[C@H]1C[C@@H]2CC[C@@H](C)[C@@](O)(O2)C(=O)C(=O)N2CCCCC2C(=O)O[C@H]([C@H](C)C[C@@H]2CCC(OC(=O)C(C)(CO)CO)[C@H](OC)C2)CC(=O)[C@H](C)/C=C(\C)[C@@H](O)[C@@H](OC)C(=O)[C@H](C)C[C@H](C)/C=C/C=CC=C1C. The van der Waals surface area contributed by atoms with Crippen LogP contribution in [0.1, 0.15) is 132 Å². The zero-order valence-electron chi connectivity index (χ0n) is 45.3. The largest absolute Gasteiger partial charge is 0.460 e. The minimum atomic E-state index is -2.47.